The highest BCUT2D eigenvalue weighted by molar-refractivity contribution is 5.74. The predicted molar refractivity (Wildman–Crippen MR) is 122 cm³/mol. The summed E-state index contributed by atoms with van der Waals surface area (Å²) in [6.45, 7) is 6.07. The smallest absolute Gasteiger partial charge is 0.264 e. The molecule has 0 aliphatic heterocycles. The van der Waals surface area contributed by atoms with Gasteiger partial charge in [-0.1, -0.05) is 22.9 Å². The number of benzene rings is 2. The SMILES string of the molecule is Cc1ccc(-n2ncc3c(=O)n(Cc4nc(-c5ccc(OC(C)C)cc5)no4)cnc32)cc1. The van der Waals surface area contributed by atoms with Crippen molar-refractivity contribution in [3.63, 3.8) is 0 Å². The first-order chi connectivity index (χ1) is 16.0. The Hall–Kier alpha value is -4.27. The molecule has 0 amide bonds. The summed E-state index contributed by atoms with van der Waals surface area (Å²) in [6, 6.07) is 15.3. The summed E-state index contributed by atoms with van der Waals surface area (Å²) >= 11 is 0. The van der Waals surface area contributed by atoms with Crippen molar-refractivity contribution in [2.75, 3.05) is 0 Å². The van der Waals surface area contributed by atoms with Crippen LogP contribution < -0.4 is 10.3 Å². The molecule has 0 atom stereocenters. The number of hydrogen-bond acceptors (Lipinski definition) is 7. The first-order valence-corrected chi connectivity index (χ1v) is 10.6. The van der Waals surface area contributed by atoms with Crippen molar-refractivity contribution in [1.29, 1.82) is 0 Å². The van der Waals surface area contributed by atoms with Crippen LogP contribution in [0.1, 0.15) is 25.3 Å². The predicted octanol–water partition coefficient (Wildman–Crippen LogP) is 3.78. The van der Waals surface area contributed by atoms with E-state index in [0.29, 0.717) is 22.7 Å². The minimum absolute atomic E-state index is 0.0980. The molecule has 3 aromatic heterocycles. The second-order valence-electron chi connectivity index (χ2n) is 8.01. The van der Waals surface area contributed by atoms with Gasteiger partial charge in [0, 0.05) is 5.56 Å². The third-order valence-electron chi connectivity index (χ3n) is 5.09. The summed E-state index contributed by atoms with van der Waals surface area (Å²) in [6.07, 6.45) is 3.10. The van der Waals surface area contributed by atoms with Crippen LogP contribution in [0.3, 0.4) is 0 Å². The molecule has 2 aromatic carbocycles. The van der Waals surface area contributed by atoms with Gasteiger partial charge >= 0.3 is 0 Å². The quantitative estimate of drug-likeness (QED) is 0.394. The fraction of sp³-hybridized carbons (Fsp3) is 0.208. The van der Waals surface area contributed by atoms with Gasteiger partial charge in [-0.05, 0) is 57.2 Å². The monoisotopic (exact) mass is 442 g/mol. The first kappa shape index (κ1) is 20.6. The Kier molecular flexibility index (Phi) is 5.21. The fourth-order valence-electron chi connectivity index (χ4n) is 3.47. The number of aryl methyl sites for hydroxylation is 1. The Morgan fingerprint density at radius 2 is 1.82 bits per heavy atom. The molecule has 33 heavy (non-hydrogen) atoms. The molecule has 5 rings (SSSR count). The summed E-state index contributed by atoms with van der Waals surface area (Å²) in [4.78, 5) is 21.9. The van der Waals surface area contributed by atoms with Crippen molar-refractivity contribution >= 4 is 11.0 Å². The Morgan fingerprint density at radius 3 is 2.55 bits per heavy atom. The van der Waals surface area contributed by atoms with Crippen LogP contribution in [0.2, 0.25) is 0 Å². The summed E-state index contributed by atoms with van der Waals surface area (Å²) in [7, 11) is 0. The molecule has 0 aliphatic rings. The number of hydrogen-bond donors (Lipinski definition) is 0. The van der Waals surface area contributed by atoms with Crippen LogP contribution in [0, 0.1) is 6.92 Å². The van der Waals surface area contributed by atoms with Gasteiger partial charge in [0.2, 0.25) is 11.7 Å². The molecular weight excluding hydrogens is 420 g/mol. The molecule has 166 valence electrons. The summed E-state index contributed by atoms with van der Waals surface area (Å²) in [5.41, 5.74) is 3.04. The Balaban J connectivity index is 1.39. The Bertz CT molecular complexity index is 1460. The fourth-order valence-corrected chi connectivity index (χ4v) is 3.47. The topological polar surface area (TPSA) is 101 Å². The third-order valence-corrected chi connectivity index (χ3v) is 5.09. The lowest BCUT2D eigenvalue weighted by Crippen LogP contribution is -2.21. The van der Waals surface area contributed by atoms with Crippen molar-refractivity contribution < 1.29 is 9.26 Å². The molecule has 5 aromatic rings. The maximum absolute atomic E-state index is 13.0. The van der Waals surface area contributed by atoms with Gasteiger partial charge in [-0.25, -0.2) is 9.67 Å². The highest BCUT2D eigenvalue weighted by Gasteiger charge is 2.14. The molecule has 0 fully saturated rings. The molecule has 0 unspecified atom stereocenters. The van der Waals surface area contributed by atoms with Gasteiger partial charge in [0.05, 0.1) is 18.0 Å². The van der Waals surface area contributed by atoms with E-state index in [2.05, 4.69) is 20.2 Å². The summed E-state index contributed by atoms with van der Waals surface area (Å²) < 4.78 is 14.1. The van der Waals surface area contributed by atoms with Crippen LogP contribution in [-0.2, 0) is 6.54 Å². The number of nitrogens with zero attached hydrogens (tertiary/aromatic N) is 6. The molecular formula is C24H22N6O3. The van der Waals surface area contributed by atoms with Crippen molar-refractivity contribution in [1.82, 2.24) is 29.5 Å². The van der Waals surface area contributed by atoms with Crippen molar-refractivity contribution in [3.05, 3.63) is 82.9 Å². The molecule has 0 spiro atoms. The van der Waals surface area contributed by atoms with Crippen LogP contribution in [0.4, 0.5) is 0 Å². The highest BCUT2D eigenvalue weighted by atomic mass is 16.5. The van der Waals surface area contributed by atoms with Crippen LogP contribution in [0.5, 0.6) is 5.75 Å². The normalized spacial score (nSPS) is 11.4. The number of rotatable bonds is 6. The van der Waals surface area contributed by atoms with Crippen LogP contribution in [-0.4, -0.2) is 35.6 Å². The second-order valence-corrected chi connectivity index (χ2v) is 8.01. The van der Waals surface area contributed by atoms with E-state index < -0.39 is 0 Å². The van der Waals surface area contributed by atoms with Crippen LogP contribution in [0.25, 0.3) is 28.1 Å². The lowest BCUT2D eigenvalue weighted by Gasteiger charge is -2.09. The standard InChI is InChI=1S/C24H22N6O3/c1-15(2)32-19-10-6-17(7-11-19)22-27-21(33-28-22)13-29-14-25-23-20(24(29)31)12-26-30(23)18-8-4-16(3)5-9-18/h4-12,14-15H,13H2,1-3H3. The van der Waals surface area contributed by atoms with Crippen molar-refractivity contribution in [2.24, 2.45) is 0 Å². The Morgan fingerprint density at radius 1 is 1.06 bits per heavy atom. The molecule has 0 N–H and O–H groups in total. The average Bonchev–Trinajstić information content (AvgIpc) is 3.44. The lowest BCUT2D eigenvalue weighted by molar-refractivity contribution is 0.242. The number of aromatic nitrogens is 6. The third kappa shape index (κ3) is 4.12. The van der Waals surface area contributed by atoms with Gasteiger partial charge < -0.3 is 9.26 Å². The number of ether oxygens (including phenoxy) is 1. The van der Waals surface area contributed by atoms with E-state index in [1.807, 2.05) is 69.3 Å². The molecule has 0 radical (unpaired) electrons. The zero-order valence-electron chi connectivity index (χ0n) is 18.5. The lowest BCUT2D eigenvalue weighted by atomic mass is 10.2. The zero-order chi connectivity index (χ0) is 22.9. The molecule has 9 nitrogen and oxygen atoms in total. The zero-order valence-corrected chi connectivity index (χ0v) is 18.5. The van der Waals surface area contributed by atoms with Gasteiger partial charge in [0.15, 0.2) is 5.65 Å². The molecule has 0 saturated carbocycles. The summed E-state index contributed by atoms with van der Waals surface area (Å²) in [5.74, 6) is 1.52. The van der Waals surface area contributed by atoms with E-state index >= 15 is 0 Å². The molecule has 0 aliphatic carbocycles. The minimum Gasteiger partial charge on any atom is -0.491 e. The maximum Gasteiger partial charge on any atom is 0.264 e. The van der Waals surface area contributed by atoms with E-state index in [-0.39, 0.29) is 18.2 Å². The maximum atomic E-state index is 13.0. The first-order valence-electron chi connectivity index (χ1n) is 10.6. The van der Waals surface area contributed by atoms with Gasteiger partial charge in [-0.2, -0.15) is 10.1 Å². The van der Waals surface area contributed by atoms with Crippen LogP contribution >= 0.6 is 0 Å². The molecule has 3 heterocycles. The van der Waals surface area contributed by atoms with E-state index in [9.17, 15) is 4.79 Å². The van der Waals surface area contributed by atoms with E-state index in [1.54, 1.807) is 4.68 Å². The average molecular weight is 442 g/mol. The van der Waals surface area contributed by atoms with E-state index in [1.165, 1.54) is 17.1 Å². The molecule has 9 heteroatoms. The molecule has 0 saturated heterocycles. The number of fused-ring (bicyclic) bond motifs is 1. The Labute approximate surface area is 189 Å². The van der Waals surface area contributed by atoms with Gasteiger partial charge in [-0.3, -0.25) is 9.36 Å². The van der Waals surface area contributed by atoms with Crippen molar-refractivity contribution in [3.8, 4) is 22.8 Å². The molecule has 0 bridgehead atoms. The van der Waals surface area contributed by atoms with Gasteiger partial charge in [-0.15, -0.1) is 0 Å². The second kappa shape index (κ2) is 8.34. The highest BCUT2D eigenvalue weighted by Crippen LogP contribution is 2.21. The van der Waals surface area contributed by atoms with Gasteiger partial charge in [0.1, 0.15) is 24.0 Å². The van der Waals surface area contributed by atoms with Gasteiger partial charge in [0.25, 0.3) is 5.56 Å². The van der Waals surface area contributed by atoms with Crippen molar-refractivity contribution in [2.45, 2.75) is 33.4 Å². The minimum atomic E-state index is -0.228. The van der Waals surface area contributed by atoms with Crippen LogP contribution in [0.15, 0.2) is 70.4 Å². The largest absolute Gasteiger partial charge is 0.491 e. The summed E-state index contributed by atoms with van der Waals surface area (Å²) in [5, 5.41) is 8.80. The van der Waals surface area contributed by atoms with E-state index in [4.69, 9.17) is 9.26 Å². The van der Waals surface area contributed by atoms with E-state index in [0.717, 1.165) is 22.6 Å².